The molecule has 23 heavy (non-hydrogen) atoms. The summed E-state index contributed by atoms with van der Waals surface area (Å²) in [5.74, 6) is -0.649. The van der Waals surface area contributed by atoms with Crippen LogP contribution in [0.15, 0.2) is 29.0 Å². The van der Waals surface area contributed by atoms with Crippen LogP contribution in [0, 0.1) is 5.82 Å². The van der Waals surface area contributed by atoms with Crippen molar-refractivity contribution in [1.82, 2.24) is 9.97 Å². The van der Waals surface area contributed by atoms with Gasteiger partial charge in [0.05, 0.1) is 11.4 Å². The number of hydrogen-bond donors (Lipinski definition) is 3. The van der Waals surface area contributed by atoms with E-state index in [0.717, 1.165) is 12.8 Å². The van der Waals surface area contributed by atoms with Crippen molar-refractivity contribution >= 4 is 33.2 Å². The molecule has 0 radical (unpaired) electrons. The fraction of sp³-hybridized carbons (Fsp3) is 0.333. The van der Waals surface area contributed by atoms with Gasteiger partial charge in [-0.2, -0.15) is 0 Å². The molecule has 1 fully saturated rings. The Morgan fingerprint density at radius 2 is 2.35 bits per heavy atom. The van der Waals surface area contributed by atoms with Crippen molar-refractivity contribution in [1.29, 1.82) is 0 Å². The Kier molecular flexibility index (Phi) is 4.63. The van der Waals surface area contributed by atoms with Gasteiger partial charge in [0.15, 0.2) is 5.82 Å². The highest BCUT2D eigenvalue weighted by Gasteiger charge is 2.23. The number of imidazole rings is 1. The van der Waals surface area contributed by atoms with Gasteiger partial charge in [0.1, 0.15) is 10.4 Å². The van der Waals surface area contributed by atoms with E-state index in [-0.39, 0.29) is 17.7 Å². The van der Waals surface area contributed by atoms with Crippen LogP contribution in [-0.4, -0.2) is 35.0 Å². The van der Waals surface area contributed by atoms with E-state index >= 15 is 0 Å². The number of aromatic nitrogens is 2. The fourth-order valence-electron chi connectivity index (χ4n) is 2.75. The first-order chi connectivity index (χ1) is 11.0. The van der Waals surface area contributed by atoms with E-state index in [1.807, 2.05) is 4.90 Å². The molecule has 1 unspecified atom stereocenters. The van der Waals surface area contributed by atoms with Gasteiger partial charge in [-0.1, -0.05) is 6.07 Å². The van der Waals surface area contributed by atoms with Gasteiger partial charge in [-0.3, -0.25) is 4.79 Å². The van der Waals surface area contributed by atoms with Crippen molar-refractivity contribution in [2.75, 3.05) is 23.3 Å². The number of nitrogens with two attached hydrogens (primary N) is 1. The molecule has 0 spiro atoms. The fourth-order valence-corrected chi connectivity index (χ4v) is 3.04. The van der Waals surface area contributed by atoms with Crippen LogP contribution in [0.3, 0.4) is 0 Å². The molecule has 1 aliphatic rings. The maximum atomic E-state index is 14.4. The van der Waals surface area contributed by atoms with Gasteiger partial charge in [-0.05, 0) is 40.9 Å². The number of nitrogens with zero attached hydrogens (tertiary/aromatic N) is 2. The van der Waals surface area contributed by atoms with Crippen LogP contribution in [-0.2, 0) is 0 Å². The Labute approximate surface area is 141 Å². The molecule has 1 atom stereocenters. The largest absolute Gasteiger partial charge is 0.366 e. The molecular weight excluding hydrogens is 365 g/mol. The lowest BCUT2D eigenvalue weighted by Gasteiger charge is -2.34. The van der Waals surface area contributed by atoms with Crippen molar-refractivity contribution in [3.8, 4) is 0 Å². The molecule has 0 saturated carbocycles. The number of rotatable bonds is 3. The van der Waals surface area contributed by atoms with E-state index in [9.17, 15) is 9.18 Å². The Balaban J connectivity index is 1.87. The van der Waals surface area contributed by atoms with E-state index < -0.39 is 5.91 Å². The van der Waals surface area contributed by atoms with E-state index in [2.05, 4.69) is 31.2 Å². The summed E-state index contributed by atoms with van der Waals surface area (Å²) in [6, 6.07) is 4.63. The maximum Gasteiger partial charge on any atom is 0.291 e. The number of benzene rings is 1. The molecule has 1 amide bonds. The zero-order valence-corrected chi connectivity index (χ0v) is 13.9. The minimum Gasteiger partial charge on any atom is -0.366 e. The number of amides is 1. The highest BCUT2D eigenvalue weighted by molar-refractivity contribution is 9.10. The number of carbonyl (C=O) groups excluding carboxylic acids is 1. The van der Waals surface area contributed by atoms with Gasteiger partial charge in [-0.15, -0.1) is 0 Å². The van der Waals surface area contributed by atoms with E-state index in [1.165, 1.54) is 6.07 Å². The minimum absolute atomic E-state index is 0.00735. The second-order valence-corrected chi connectivity index (χ2v) is 6.32. The van der Waals surface area contributed by atoms with E-state index in [4.69, 9.17) is 5.73 Å². The molecule has 1 aromatic carbocycles. The van der Waals surface area contributed by atoms with Crippen molar-refractivity contribution in [3.63, 3.8) is 0 Å². The topological polar surface area (TPSA) is 87.0 Å². The van der Waals surface area contributed by atoms with Crippen molar-refractivity contribution < 1.29 is 9.18 Å². The van der Waals surface area contributed by atoms with Gasteiger partial charge >= 0.3 is 0 Å². The van der Waals surface area contributed by atoms with Gasteiger partial charge in [0.2, 0.25) is 0 Å². The van der Waals surface area contributed by atoms with Gasteiger partial charge in [-0.25, -0.2) is 9.37 Å². The third-order valence-corrected chi connectivity index (χ3v) is 4.18. The van der Waals surface area contributed by atoms with E-state index in [1.54, 1.807) is 18.3 Å². The number of halogens is 2. The number of aromatic amines is 1. The third-order valence-electron chi connectivity index (χ3n) is 3.77. The SMILES string of the molecule is NC1CCCN(c2c(F)cccc2NC(=O)c2nc(Br)c[nH]2)C1. The first kappa shape index (κ1) is 15.9. The van der Waals surface area contributed by atoms with Gasteiger partial charge in [0.25, 0.3) is 5.91 Å². The number of nitrogens with one attached hydrogen (secondary N) is 2. The summed E-state index contributed by atoms with van der Waals surface area (Å²) in [6.45, 7) is 1.28. The summed E-state index contributed by atoms with van der Waals surface area (Å²) in [5, 5.41) is 2.72. The highest BCUT2D eigenvalue weighted by atomic mass is 79.9. The lowest BCUT2D eigenvalue weighted by Crippen LogP contribution is -2.43. The van der Waals surface area contributed by atoms with Crippen molar-refractivity contribution in [2.24, 2.45) is 5.73 Å². The molecule has 4 N–H and O–H groups in total. The number of piperidine rings is 1. The third kappa shape index (κ3) is 3.53. The summed E-state index contributed by atoms with van der Waals surface area (Å²) in [6.07, 6.45) is 3.38. The lowest BCUT2D eigenvalue weighted by atomic mass is 10.1. The smallest absolute Gasteiger partial charge is 0.291 e. The second kappa shape index (κ2) is 6.67. The monoisotopic (exact) mass is 381 g/mol. The van der Waals surface area contributed by atoms with Gasteiger partial charge < -0.3 is 20.9 Å². The van der Waals surface area contributed by atoms with Crippen molar-refractivity contribution in [2.45, 2.75) is 18.9 Å². The Morgan fingerprint density at radius 3 is 3.04 bits per heavy atom. The second-order valence-electron chi connectivity index (χ2n) is 5.51. The maximum absolute atomic E-state index is 14.4. The zero-order valence-electron chi connectivity index (χ0n) is 12.4. The van der Waals surface area contributed by atoms with Crippen molar-refractivity contribution in [3.05, 3.63) is 40.6 Å². The average Bonchev–Trinajstić information content (AvgIpc) is 2.94. The molecule has 1 aromatic heterocycles. The first-order valence-corrected chi connectivity index (χ1v) is 8.15. The zero-order chi connectivity index (χ0) is 16.4. The molecule has 0 aliphatic carbocycles. The molecule has 2 heterocycles. The van der Waals surface area contributed by atoms with Crippen LogP contribution < -0.4 is 16.0 Å². The van der Waals surface area contributed by atoms with Crippen LogP contribution in [0.5, 0.6) is 0 Å². The molecule has 3 rings (SSSR count). The molecule has 2 aromatic rings. The summed E-state index contributed by atoms with van der Waals surface area (Å²) < 4.78 is 14.9. The quantitative estimate of drug-likeness (QED) is 0.761. The standard InChI is InChI=1S/C15H17BrFN5O/c16-12-7-19-14(21-12)15(23)20-11-5-1-4-10(17)13(11)22-6-2-3-9(18)8-22/h1,4-5,7,9H,2-3,6,8,18H2,(H,19,21)(H,20,23). The molecule has 1 aliphatic heterocycles. The number of anilines is 2. The van der Waals surface area contributed by atoms with Crippen LogP contribution in [0.2, 0.25) is 0 Å². The first-order valence-electron chi connectivity index (χ1n) is 7.36. The normalized spacial score (nSPS) is 18.0. The molecule has 0 bridgehead atoms. The Morgan fingerprint density at radius 1 is 1.52 bits per heavy atom. The summed E-state index contributed by atoms with van der Waals surface area (Å²) in [5.41, 5.74) is 6.78. The molecule has 122 valence electrons. The summed E-state index contributed by atoms with van der Waals surface area (Å²) >= 11 is 3.18. The summed E-state index contributed by atoms with van der Waals surface area (Å²) in [4.78, 5) is 20.9. The minimum atomic E-state index is -0.427. The van der Waals surface area contributed by atoms with Gasteiger partial charge in [0, 0.05) is 25.3 Å². The number of H-pyrrole nitrogens is 1. The number of carbonyl (C=O) groups is 1. The highest BCUT2D eigenvalue weighted by Crippen LogP contribution is 2.31. The molecule has 1 saturated heterocycles. The van der Waals surface area contributed by atoms with E-state index in [0.29, 0.717) is 29.1 Å². The lowest BCUT2D eigenvalue weighted by molar-refractivity contribution is 0.101. The molecule has 8 heteroatoms. The predicted molar refractivity (Wildman–Crippen MR) is 90.1 cm³/mol. The molecular formula is C15H17BrFN5O. The van der Waals surface area contributed by atoms with Crippen LogP contribution in [0.4, 0.5) is 15.8 Å². The predicted octanol–water partition coefficient (Wildman–Crippen LogP) is 2.49. The van der Waals surface area contributed by atoms with Crippen LogP contribution in [0.25, 0.3) is 0 Å². The average molecular weight is 382 g/mol. The van der Waals surface area contributed by atoms with Crippen LogP contribution in [0.1, 0.15) is 23.5 Å². The number of hydrogen-bond acceptors (Lipinski definition) is 4. The Hall–Kier alpha value is -1.93. The van der Waals surface area contributed by atoms with Crippen LogP contribution >= 0.6 is 15.9 Å². The molecule has 6 nitrogen and oxygen atoms in total. The summed E-state index contributed by atoms with van der Waals surface area (Å²) in [7, 11) is 0. The number of para-hydroxylation sites is 1. The Bertz CT molecular complexity index is 720.